The van der Waals surface area contributed by atoms with E-state index in [-0.39, 0.29) is 11.9 Å². The number of likely N-dealkylation sites (N-methyl/N-ethyl adjacent to an activating group) is 1. The molecule has 1 atom stereocenters. The summed E-state index contributed by atoms with van der Waals surface area (Å²) >= 11 is 5.81. The first-order valence-corrected chi connectivity index (χ1v) is 10.1. The van der Waals surface area contributed by atoms with Crippen molar-refractivity contribution in [3.05, 3.63) is 59.6 Å². The second-order valence-corrected chi connectivity index (χ2v) is 7.73. The number of hydrogen-bond acceptors (Lipinski definition) is 5. The quantitative estimate of drug-likeness (QED) is 0.608. The number of benzene rings is 1. The Kier molecular flexibility index (Phi) is 5.55. The van der Waals surface area contributed by atoms with E-state index in [4.69, 9.17) is 17.3 Å². The summed E-state index contributed by atoms with van der Waals surface area (Å²) in [7, 11) is 3.60. The molecule has 0 aliphatic carbocycles. The number of hydrogen-bond donors (Lipinski definition) is 0. The Bertz CT molecular complexity index is 1040. The van der Waals surface area contributed by atoms with Gasteiger partial charge in [0.1, 0.15) is 0 Å². The van der Waals surface area contributed by atoms with Crippen molar-refractivity contribution in [3.8, 4) is 17.1 Å². The number of rotatable bonds is 5. The lowest BCUT2D eigenvalue weighted by Crippen LogP contribution is -2.43. The van der Waals surface area contributed by atoms with Gasteiger partial charge < -0.3 is 4.90 Å². The van der Waals surface area contributed by atoms with Crippen molar-refractivity contribution in [2.45, 2.75) is 25.6 Å². The van der Waals surface area contributed by atoms with Crippen LogP contribution in [0.15, 0.2) is 54.9 Å². The molecule has 150 valence electrons. The van der Waals surface area contributed by atoms with Gasteiger partial charge in [-0.1, -0.05) is 18.2 Å². The van der Waals surface area contributed by atoms with Crippen LogP contribution >= 0.6 is 12.2 Å². The number of likely N-dealkylation sites (tertiary alicyclic amines) is 1. The Morgan fingerprint density at radius 3 is 2.69 bits per heavy atom. The van der Waals surface area contributed by atoms with E-state index >= 15 is 0 Å². The second-order valence-electron chi connectivity index (χ2n) is 7.36. The fraction of sp³-hybridized carbons (Fsp3) is 0.333. The first-order valence-electron chi connectivity index (χ1n) is 9.67. The molecule has 1 aliphatic heterocycles. The van der Waals surface area contributed by atoms with Crippen LogP contribution in [-0.2, 0) is 11.5 Å². The molecular formula is C21H24N6OS. The number of pyridine rings is 1. The maximum absolute atomic E-state index is 12.6. The van der Waals surface area contributed by atoms with Gasteiger partial charge in [-0.3, -0.25) is 19.2 Å². The molecule has 2 aromatic heterocycles. The zero-order valence-electron chi connectivity index (χ0n) is 16.6. The Hall–Kier alpha value is -2.84. The minimum Gasteiger partial charge on any atom is -0.347 e. The molecule has 0 spiro atoms. The molecule has 0 saturated carbocycles. The zero-order valence-corrected chi connectivity index (χ0v) is 17.4. The lowest BCUT2D eigenvalue weighted by Gasteiger charge is -2.25. The van der Waals surface area contributed by atoms with E-state index in [2.05, 4.69) is 9.88 Å². The van der Waals surface area contributed by atoms with Crippen LogP contribution in [0.2, 0.25) is 0 Å². The van der Waals surface area contributed by atoms with Crippen molar-refractivity contribution < 1.29 is 4.79 Å². The molecule has 1 aromatic carbocycles. The Morgan fingerprint density at radius 2 is 2.00 bits per heavy atom. The molecule has 3 aromatic rings. The van der Waals surface area contributed by atoms with Gasteiger partial charge >= 0.3 is 0 Å². The van der Waals surface area contributed by atoms with Crippen molar-refractivity contribution in [1.29, 1.82) is 0 Å². The average Bonchev–Trinajstić information content (AvgIpc) is 3.33. The number of nitrogens with zero attached hydrogens (tertiary/aromatic N) is 6. The van der Waals surface area contributed by atoms with Gasteiger partial charge in [-0.25, -0.2) is 4.68 Å². The summed E-state index contributed by atoms with van der Waals surface area (Å²) < 4.78 is 4.37. The van der Waals surface area contributed by atoms with Gasteiger partial charge in [0.15, 0.2) is 5.82 Å². The van der Waals surface area contributed by atoms with Crippen LogP contribution in [0.4, 0.5) is 0 Å². The summed E-state index contributed by atoms with van der Waals surface area (Å²) in [5.74, 6) is 0.868. The van der Waals surface area contributed by atoms with Gasteiger partial charge in [-0.15, -0.1) is 5.10 Å². The largest absolute Gasteiger partial charge is 0.347 e. The lowest BCUT2D eigenvalue weighted by molar-refractivity contribution is -0.134. The van der Waals surface area contributed by atoms with Gasteiger partial charge in [0, 0.05) is 44.3 Å². The predicted molar refractivity (Wildman–Crippen MR) is 114 cm³/mol. The SMILES string of the molecule is CN(C)C(=O)C1CCCN1Cn1nc(-c2cccnc2)n(-c2ccccc2)c1=S. The summed E-state index contributed by atoms with van der Waals surface area (Å²) in [5, 5.41) is 4.83. The molecule has 4 rings (SSSR count). The van der Waals surface area contributed by atoms with Crippen molar-refractivity contribution in [2.24, 2.45) is 0 Å². The number of carbonyl (C=O) groups excluding carboxylic acids is 1. The van der Waals surface area contributed by atoms with Gasteiger partial charge in [0.2, 0.25) is 10.7 Å². The fourth-order valence-electron chi connectivity index (χ4n) is 3.74. The van der Waals surface area contributed by atoms with Crippen LogP contribution in [0.1, 0.15) is 12.8 Å². The second kappa shape index (κ2) is 8.26. The topological polar surface area (TPSA) is 59.2 Å². The summed E-state index contributed by atoms with van der Waals surface area (Å²) in [6.45, 7) is 1.34. The molecule has 0 bridgehead atoms. The standard InChI is InChI=1S/C21H24N6OS/c1-24(2)20(28)18-11-7-13-25(18)15-26-21(29)27(17-9-4-3-5-10-17)19(23-26)16-8-6-12-22-14-16/h3-6,8-10,12,14,18H,7,11,13,15H2,1-2H3. The Labute approximate surface area is 175 Å². The van der Waals surface area contributed by atoms with Crippen molar-refractivity contribution in [3.63, 3.8) is 0 Å². The maximum Gasteiger partial charge on any atom is 0.239 e. The zero-order chi connectivity index (χ0) is 20.4. The van der Waals surface area contributed by atoms with Crippen LogP contribution in [0, 0.1) is 4.77 Å². The molecular weight excluding hydrogens is 384 g/mol. The smallest absolute Gasteiger partial charge is 0.239 e. The lowest BCUT2D eigenvalue weighted by atomic mass is 10.2. The number of aromatic nitrogens is 4. The molecule has 1 unspecified atom stereocenters. The summed E-state index contributed by atoms with van der Waals surface area (Å²) in [6, 6.07) is 13.7. The molecule has 1 aliphatic rings. The van der Waals surface area contributed by atoms with E-state index in [9.17, 15) is 4.79 Å². The van der Waals surface area contributed by atoms with Crippen LogP contribution in [0.5, 0.6) is 0 Å². The summed E-state index contributed by atoms with van der Waals surface area (Å²) in [6.07, 6.45) is 5.38. The third kappa shape index (κ3) is 3.86. The Morgan fingerprint density at radius 1 is 1.21 bits per heavy atom. The van der Waals surface area contributed by atoms with E-state index in [0.29, 0.717) is 11.4 Å². The van der Waals surface area contributed by atoms with E-state index in [1.807, 2.05) is 51.7 Å². The first kappa shape index (κ1) is 19.5. The van der Waals surface area contributed by atoms with E-state index in [1.165, 1.54) is 0 Å². The molecule has 0 N–H and O–H groups in total. The molecule has 7 nitrogen and oxygen atoms in total. The molecule has 1 saturated heterocycles. The highest BCUT2D eigenvalue weighted by Gasteiger charge is 2.32. The summed E-state index contributed by atoms with van der Waals surface area (Å²) in [4.78, 5) is 20.6. The average molecular weight is 409 g/mol. The molecule has 29 heavy (non-hydrogen) atoms. The van der Waals surface area contributed by atoms with Crippen LogP contribution < -0.4 is 0 Å². The highest BCUT2D eigenvalue weighted by atomic mass is 32.1. The number of para-hydroxylation sites is 1. The molecule has 0 radical (unpaired) electrons. The van der Waals surface area contributed by atoms with Gasteiger partial charge in [0.05, 0.1) is 12.7 Å². The third-order valence-electron chi connectivity index (χ3n) is 5.18. The first-order chi connectivity index (χ1) is 14.1. The number of amides is 1. The minimum absolute atomic E-state index is 0.129. The molecule has 1 fully saturated rings. The van der Waals surface area contributed by atoms with Crippen molar-refractivity contribution in [1.82, 2.24) is 29.1 Å². The maximum atomic E-state index is 12.6. The van der Waals surface area contributed by atoms with Gasteiger partial charge in [-0.05, 0) is 49.3 Å². The third-order valence-corrected chi connectivity index (χ3v) is 5.57. The number of carbonyl (C=O) groups is 1. The van der Waals surface area contributed by atoms with Crippen LogP contribution in [-0.4, -0.2) is 61.7 Å². The molecule has 8 heteroatoms. The highest BCUT2D eigenvalue weighted by molar-refractivity contribution is 7.71. The fourth-order valence-corrected chi connectivity index (χ4v) is 4.03. The predicted octanol–water partition coefficient (Wildman–Crippen LogP) is 2.98. The van der Waals surface area contributed by atoms with Crippen LogP contribution in [0.3, 0.4) is 0 Å². The minimum atomic E-state index is -0.129. The van der Waals surface area contributed by atoms with E-state index < -0.39 is 0 Å². The van der Waals surface area contributed by atoms with Crippen molar-refractivity contribution >= 4 is 18.1 Å². The van der Waals surface area contributed by atoms with Crippen LogP contribution in [0.25, 0.3) is 17.1 Å². The van der Waals surface area contributed by atoms with Gasteiger partial charge in [-0.2, -0.15) is 0 Å². The van der Waals surface area contributed by atoms with Gasteiger partial charge in [0.25, 0.3) is 0 Å². The highest BCUT2D eigenvalue weighted by Crippen LogP contribution is 2.24. The monoisotopic (exact) mass is 408 g/mol. The molecule has 3 heterocycles. The van der Waals surface area contributed by atoms with Crippen molar-refractivity contribution in [2.75, 3.05) is 20.6 Å². The van der Waals surface area contributed by atoms with E-state index in [1.54, 1.807) is 31.4 Å². The Balaban J connectivity index is 1.75. The van der Waals surface area contributed by atoms with E-state index in [0.717, 1.165) is 36.5 Å². The normalized spacial score (nSPS) is 16.8. The summed E-state index contributed by atoms with van der Waals surface area (Å²) in [5.41, 5.74) is 1.84. The molecule has 1 amide bonds.